The van der Waals surface area contributed by atoms with Crippen molar-refractivity contribution in [3.05, 3.63) is 35.9 Å². The summed E-state index contributed by atoms with van der Waals surface area (Å²) in [7, 11) is 0. The van der Waals surface area contributed by atoms with Crippen LogP contribution in [0.3, 0.4) is 0 Å². The zero-order valence-electron chi connectivity index (χ0n) is 15.4. The SMILES string of the molecule is O=C1C[C@@H]2CN(C(=O)OCc3ccccc3)C[C@H]2[C@H](C2CCCCC2)C1. The number of Topliss-reactive ketones (excluding diaryl/α,β-unsaturated/α-hetero) is 1. The second-order valence-corrected chi connectivity index (χ2v) is 8.38. The number of fused-ring (bicyclic) bond motifs is 1. The number of amides is 1. The molecule has 2 aliphatic carbocycles. The summed E-state index contributed by atoms with van der Waals surface area (Å²) in [4.78, 5) is 26.7. The molecule has 4 heteroatoms. The summed E-state index contributed by atoms with van der Waals surface area (Å²) in [6.45, 7) is 1.77. The van der Waals surface area contributed by atoms with E-state index in [1.807, 2.05) is 35.2 Å². The minimum absolute atomic E-state index is 0.224. The maximum absolute atomic E-state index is 12.5. The van der Waals surface area contributed by atoms with Crippen LogP contribution in [0.5, 0.6) is 0 Å². The van der Waals surface area contributed by atoms with Gasteiger partial charge in [0.1, 0.15) is 12.4 Å². The first kappa shape index (κ1) is 17.6. The third-order valence-electron chi connectivity index (χ3n) is 6.71. The fourth-order valence-corrected chi connectivity index (χ4v) is 5.43. The van der Waals surface area contributed by atoms with Crippen molar-refractivity contribution in [3.8, 4) is 0 Å². The fraction of sp³-hybridized carbons (Fsp3) is 0.636. The van der Waals surface area contributed by atoms with Gasteiger partial charge in [-0.2, -0.15) is 0 Å². The van der Waals surface area contributed by atoms with Gasteiger partial charge in [-0.15, -0.1) is 0 Å². The molecule has 3 atom stereocenters. The van der Waals surface area contributed by atoms with Gasteiger partial charge in [0.2, 0.25) is 0 Å². The van der Waals surface area contributed by atoms with Crippen LogP contribution in [0.1, 0.15) is 50.5 Å². The molecular formula is C22H29NO3. The Kier molecular flexibility index (Phi) is 5.28. The number of ether oxygens (including phenoxy) is 1. The van der Waals surface area contributed by atoms with E-state index in [9.17, 15) is 9.59 Å². The van der Waals surface area contributed by atoms with Gasteiger partial charge < -0.3 is 9.64 Å². The summed E-state index contributed by atoms with van der Waals surface area (Å²) < 4.78 is 5.53. The Morgan fingerprint density at radius 3 is 2.50 bits per heavy atom. The van der Waals surface area contributed by atoms with Crippen molar-refractivity contribution in [1.82, 2.24) is 4.90 Å². The molecule has 3 aliphatic rings. The van der Waals surface area contributed by atoms with Gasteiger partial charge in [0.05, 0.1) is 0 Å². The first-order chi connectivity index (χ1) is 12.7. The summed E-state index contributed by atoms with van der Waals surface area (Å²) in [6, 6.07) is 9.80. The second kappa shape index (κ2) is 7.81. The maximum Gasteiger partial charge on any atom is 0.410 e. The van der Waals surface area contributed by atoms with E-state index in [0.717, 1.165) is 18.5 Å². The van der Waals surface area contributed by atoms with E-state index >= 15 is 0 Å². The normalized spacial score (nSPS) is 29.5. The predicted octanol–water partition coefficient (Wildman–Crippen LogP) is 4.43. The molecule has 0 bridgehead atoms. The lowest BCUT2D eigenvalue weighted by atomic mass is 9.65. The van der Waals surface area contributed by atoms with Crippen LogP contribution in [0.25, 0.3) is 0 Å². The van der Waals surface area contributed by atoms with Gasteiger partial charge >= 0.3 is 6.09 Å². The van der Waals surface area contributed by atoms with Crippen molar-refractivity contribution in [2.75, 3.05) is 13.1 Å². The number of carbonyl (C=O) groups excluding carboxylic acids is 2. The molecule has 4 rings (SSSR count). The highest BCUT2D eigenvalue weighted by molar-refractivity contribution is 5.80. The Morgan fingerprint density at radius 2 is 1.73 bits per heavy atom. The van der Waals surface area contributed by atoms with E-state index < -0.39 is 0 Å². The molecule has 0 spiro atoms. The molecule has 3 fully saturated rings. The number of nitrogens with zero attached hydrogens (tertiary/aromatic N) is 1. The zero-order valence-corrected chi connectivity index (χ0v) is 15.4. The van der Waals surface area contributed by atoms with Crippen molar-refractivity contribution in [2.45, 2.75) is 51.6 Å². The van der Waals surface area contributed by atoms with Crippen molar-refractivity contribution in [1.29, 1.82) is 0 Å². The number of carbonyl (C=O) groups is 2. The van der Waals surface area contributed by atoms with Crippen LogP contribution in [-0.2, 0) is 16.1 Å². The van der Waals surface area contributed by atoms with Gasteiger partial charge in [-0.05, 0) is 29.2 Å². The first-order valence-electron chi connectivity index (χ1n) is 10.2. The third-order valence-corrected chi connectivity index (χ3v) is 6.71. The Labute approximate surface area is 155 Å². The largest absolute Gasteiger partial charge is 0.445 e. The van der Waals surface area contributed by atoms with Crippen LogP contribution >= 0.6 is 0 Å². The lowest BCUT2D eigenvalue weighted by Crippen LogP contribution is -2.37. The number of ketones is 1. The van der Waals surface area contributed by atoms with Crippen LogP contribution in [0.15, 0.2) is 30.3 Å². The molecule has 2 saturated carbocycles. The smallest absolute Gasteiger partial charge is 0.410 e. The van der Waals surface area contributed by atoms with Gasteiger partial charge in [-0.1, -0.05) is 62.4 Å². The van der Waals surface area contributed by atoms with Crippen LogP contribution < -0.4 is 0 Å². The molecule has 1 amide bonds. The van der Waals surface area contributed by atoms with Crippen molar-refractivity contribution < 1.29 is 14.3 Å². The Morgan fingerprint density at radius 1 is 0.962 bits per heavy atom. The summed E-state index contributed by atoms with van der Waals surface area (Å²) in [5, 5.41) is 0. The van der Waals surface area contributed by atoms with Crippen molar-refractivity contribution >= 4 is 11.9 Å². The fourth-order valence-electron chi connectivity index (χ4n) is 5.43. The standard InChI is InChI=1S/C22H29NO3/c24-19-11-18-13-23(22(25)26-15-16-7-3-1-4-8-16)14-21(18)20(12-19)17-9-5-2-6-10-17/h1,3-4,7-8,17-18,20-21H,2,5-6,9-15H2/t18-,20+,21-/m1/s1. The number of likely N-dealkylation sites (tertiary alicyclic amines) is 1. The van der Waals surface area contributed by atoms with Gasteiger partial charge in [-0.3, -0.25) is 4.79 Å². The molecule has 1 heterocycles. The predicted molar refractivity (Wildman–Crippen MR) is 99.5 cm³/mol. The Balaban J connectivity index is 1.38. The number of hydrogen-bond donors (Lipinski definition) is 0. The average Bonchev–Trinajstić information content (AvgIpc) is 3.11. The molecule has 0 N–H and O–H groups in total. The molecule has 0 aromatic heterocycles. The van der Waals surface area contributed by atoms with Crippen LogP contribution in [0, 0.1) is 23.7 Å². The monoisotopic (exact) mass is 355 g/mol. The summed E-state index contributed by atoms with van der Waals surface area (Å²) in [5.41, 5.74) is 1.01. The summed E-state index contributed by atoms with van der Waals surface area (Å²) >= 11 is 0. The van der Waals surface area contributed by atoms with Crippen LogP contribution in [-0.4, -0.2) is 29.9 Å². The Bertz CT molecular complexity index is 638. The Hall–Kier alpha value is -1.84. The minimum atomic E-state index is -0.224. The number of hydrogen-bond acceptors (Lipinski definition) is 3. The summed E-state index contributed by atoms with van der Waals surface area (Å²) in [6.07, 6.45) is 7.63. The zero-order chi connectivity index (χ0) is 17.9. The molecule has 1 saturated heterocycles. The molecule has 0 radical (unpaired) electrons. The molecule has 1 aromatic carbocycles. The van der Waals surface area contributed by atoms with E-state index in [0.29, 0.717) is 49.0 Å². The van der Waals surface area contributed by atoms with E-state index in [4.69, 9.17) is 4.74 Å². The molecule has 140 valence electrons. The topological polar surface area (TPSA) is 46.6 Å². The average molecular weight is 355 g/mol. The quantitative estimate of drug-likeness (QED) is 0.806. The third kappa shape index (κ3) is 3.79. The minimum Gasteiger partial charge on any atom is -0.445 e. The van der Waals surface area contributed by atoms with Gasteiger partial charge in [0.15, 0.2) is 0 Å². The van der Waals surface area contributed by atoms with Gasteiger partial charge in [0, 0.05) is 25.9 Å². The second-order valence-electron chi connectivity index (χ2n) is 8.38. The number of rotatable bonds is 3. The highest BCUT2D eigenvalue weighted by Gasteiger charge is 2.47. The highest BCUT2D eigenvalue weighted by atomic mass is 16.6. The summed E-state index contributed by atoms with van der Waals surface area (Å²) in [5.74, 6) is 2.39. The molecule has 0 unspecified atom stereocenters. The van der Waals surface area contributed by atoms with Crippen LogP contribution in [0.2, 0.25) is 0 Å². The van der Waals surface area contributed by atoms with E-state index in [1.54, 1.807) is 0 Å². The van der Waals surface area contributed by atoms with E-state index in [1.165, 1.54) is 32.1 Å². The molecule has 1 aromatic rings. The van der Waals surface area contributed by atoms with Crippen molar-refractivity contribution in [2.24, 2.45) is 23.7 Å². The van der Waals surface area contributed by atoms with Crippen LogP contribution in [0.4, 0.5) is 4.79 Å². The maximum atomic E-state index is 12.5. The highest BCUT2D eigenvalue weighted by Crippen LogP contribution is 2.46. The molecule has 4 nitrogen and oxygen atoms in total. The molecule has 1 aliphatic heterocycles. The van der Waals surface area contributed by atoms with Crippen molar-refractivity contribution in [3.63, 3.8) is 0 Å². The first-order valence-corrected chi connectivity index (χ1v) is 10.2. The van der Waals surface area contributed by atoms with Gasteiger partial charge in [0.25, 0.3) is 0 Å². The van der Waals surface area contributed by atoms with E-state index in [-0.39, 0.29) is 6.09 Å². The lowest BCUT2D eigenvalue weighted by molar-refractivity contribution is -0.125. The molecule has 26 heavy (non-hydrogen) atoms. The number of benzene rings is 1. The van der Waals surface area contributed by atoms with Gasteiger partial charge in [-0.25, -0.2) is 4.79 Å². The molecular weight excluding hydrogens is 326 g/mol. The van der Waals surface area contributed by atoms with E-state index in [2.05, 4.69) is 0 Å². The lowest BCUT2D eigenvalue weighted by Gasteiger charge is -2.39.